The van der Waals surface area contributed by atoms with Crippen molar-refractivity contribution in [2.75, 3.05) is 23.0 Å². The molecule has 0 radical (unpaired) electrons. The molecule has 4 nitrogen and oxygen atoms in total. The van der Waals surface area contributed by atoms with Crippen LogP contribution in [0.4, 0.5) is 34.1 Å². The molecule has 0 saturated carbocycles. The Bertz CT molecular complexity index is 1900. The summed E-state index contributed by atoms with van der Waals surface area (Å²) in [7, 11) is 0. The van der Waals surface area contributed by atoms with Crippen molar-refractivity contribution in [3.8, 4) is 11.5 Å². The first kappa shape index (κ1) is 35.4. The molecule has 5 aromatic rings. The highest BCUT2D eigenvalue weighted by atomic mass is 35.5. The van der Waals surface area contributed by atoms with Crippen molar-refractivity contribution in [1.82, 2.24) is 0 Å². The van der Waals surface area contributed by atoms with E-state index in [9.17, 15) is 0 Å². The summed E-state index contributed by atoms with van der Waals surface area (Å²) in [4.78, 5) is 4.51. The summed E-state index contributed by atoms with van der Waals surface area (Å²) < 4.78 is 12.0. The third kappa shape index (κ3) is 7.37. The van der Waals surface area contributed by atoms with Crippen LogP contribution in [-0.2, 0) is 16.2 Å². The number of ether oxygens (including phenoxy) is 2. The van der Waals surface area contributed by atoms with Crippen molar-refractivity contribution >= 4 is 45.7 Å². The van der Waals surface area contributed by atoms with Crippen molar-refractivity contribution in [2.45, 2.75) is 85.5 Å². The number of aryl methyl sites for hydroxylation is 1. The highest BCUT2D eigenvalue weighted by Crippen LogP contribution is 2.49. The van der Waals surface area contributed by atoms with Gasteiger partial charge in [0.2, 0.25) is 0 Å². The summed E-state index contributed by atoms with van der Waals surface area (Å²) >= 11 is 7.69. The molecule has 260 valence electrons. The summed E-state index contributed by atoms with van der Waals surface area (Å²) in [6, 6.07) is 37.0. The number of halogens is 1. The van der Waals surface area contributed by atoms with E-state index in [4.69, 9.17) is 21.1 Å². The zero-order chi connectivity index (χ0) is 36.0. The number of rotatable bonds is 6. The minimum absolute atomic E-state index is 0.0279. The van der Waals surface area contributed by atoms with Crippen LogP contribution >= 0.6 is 11.6 Å². The smallest absolute Gasteiger partial charge is 0.163 e. The summed E-state index contributed by atoms with van der Waals surface area (Å²) in [6.07, 6.45) is 0. The van der Waals surface area contributed by atoms with Gasteiger partial charge in [-0.05, 0) is 106 Å². The highest BCUT2D eigenvalue weighted by molar-refractivity contribution is 6.36. The molecule has 0 saturated heterocycles. The van der Waals surface area contributed by atoms with E-state index in [1.54, 1.807) is 0 Å². The average molecular weight is 687 g/mol. The van der Waals surface area contributed by atoms with E-state index in [1.807, 2.05) is 6.07 Å². The van der Waals surface area contributed by atoms with Gasteiger partial charge in [0.1, 0.15) is 13.2 Å². The highest BCUT2D eigenvalue weighted by Gasteiger charge is 2.26. The molecule has 1 aliphatic rings. The fourth-order valence-corrected chi connectivity index (χ4v) is 6.69. The van der Waals surface area contributed by atoms with E-state index in [0.717, 1.165) is 51.2 Å². The van der Waals surface area contributed by atoms with E-state index < -0.39 is 0 Å². The first-order chi connectivity index (χ1) is 23.5. The fourth-order valence-electron chi connectivity index (χ4n) is 6.41. The van der Waals surface area contributed by atoms with Crippen molar-refractivity contribution in [3.05, 3.63) is 130 Å². The van der Waals surface area contributed by atoms with Crippen LogP contribution in [0.5, 0.6) is 11.5 Å². The number of benzene rings is 5. The number of anilines is 6. The third-order valence-corrected chi connectivity index (χ3v) is 9.81. The predicted octanol–water partition coefficient (Wildman–Crippen LogP) is 13.3. The SMILES string of the molecule is Cc1cc(N(c2ccc(C(C)(C)C)cc2)c2ccc(C(C)(C)C)cc2)c(Cl)c(N(c2ccc(C(C)(C)C)cc2)c2ccc3c(c2)OCCO3)c1. The van der Waals surface area contributed by atoms with Gasteiger partial charge in [-0.25, -0.2) is 0 Å². The Balaban J connectivity index is 1.56. The van der Waals surface area contributed by atoms with Gasteiger partial charge in [-0.15, -0.1) is 0 Å². The van der Waals surface area contributed by atoms with Crippen LogP contribution in [-0.4, -0.2) is 13.2 Å². The lowest BCUT2D eigenvalue weighted by molar-refractivity contribution is 0.171. The molecule has 1 heterocycles. The van der Waals surface area contributed by atoms with Gasteiger partial charge in [-0.3, -0.25) is 0 Å². The second-order valence-electron chi connectivity index (χ2n) is 16.5. The molecule has 0 bridgehead atoms. The van der Waals surface area contributed by atoms with Gasteiger partial charge < -0.3 is 19.3 Å². The maximum atomic E-state index is 7.69. The van der Waals surface area contributed by atoms with Gasteiger partial charge in [0.25, 0.3) is 0 Å². The molecule has 5 heteroatoms. The molecule has 6 rings (SSSR count). The van der Waals surface area contributed by atoms with E-state index in [-0.39, 0.29) is 16.2 Å². The molecule has 0 fully saturated rings. The summed E-state index contributed by atoms with van der Waals surface area (Å²) in [6.45, 7) is 23.4. The van der Waals surface area contributed by atoms with Crippen molar-refractivity contribution in [3.63, 3.8) is 0 Å². The van der Waals surface area contributed by atoms with Crippen molar-refractivity contribution in [2.24, 2.45) is 0 Å². The Morgan fingerprint density at radius 3 is 1.18 bits per heavy atom. The molecule has 50 heavy (non-hydrogen) atoms. The molecule has 0 unspecified atom stereocenters. The number of fused-ring (bicyclic) bond motifs is 1. The maximum absolute atomic E-state index is 7.69. The van der Waals surface area contributed by atoms with Crippen LogP contribution in [0, 0.1) is 6.92 Å². The zero-order valence-corrected chi connectivity index (χ0v) is 32.1. The number of nitrogens with zero attached hydrogens (tertiary/aromatic N) is 2. The van der Waals surface area contributed by atoms with Crippen LogP contribution in [0.15, 0.2) is 103 Å². The fraction of sp³-hybridized carbons (Fsp3) is 0.333. The molecule has 0 atom stereocenters. The lowest BCUT2D eigenvalue weighted by Gasteiger charge is -2.33. The molecule has 1 aliphatic heterocycles. The molecule has 0 aromatic heterocycles. The van der Waals surface area contributed by atoms with Gasteiger partial charge in [-0.1, -0.05) is 110 Å². The average Bonchev–Trinajstić information content (AvgIpc) is 3.06. The Kier molecular flexibility index (Phi) is 9.47. The second kappa shape index (κ2) is 13.4. The number of hydrogen-bond acceptors (Lipinski definition) is 4. The van der Waals surface area contributed by atoms with Gasteiger partial charge in [0, 0.05) is 23.1 Å². The van der Waals surface area contributed by atoms with Crippen LogP contribution in [0.2, 0.25) is 5.02 Å². The second-order valence-corrected chi connectivity index (χ2v) is 16.9. The lowest BCUT2D eigenvalue weighted by Crippen LogP contribution is -2.18. The van der Waals surface area contributed by atoms with Crippen LogP contribution in [0.3, 0.4) is 0 Å². The molecule has 0 N–H and O–H groups in total. The Morgan fingerprint density at radius 2 is 0.800 bits per heavy atom. The first-order valence-corrected chi connectivity index (χ1v) is 18.0. The van der Waals surface area contributed by atoms with Gasteiger partial charge in [0.15, 0.2) is 11.5 Å². The Morgan fingerprint density at radius 1 is 0.460 bits per heavy atom. The third-order valence-electron chi connectivity index (χ3n) is 9.42. The molecular formula is C45H51ClN2O2. The Hall–Kier alpha value is -4.41. The quantitative estimate of drug-likeness (QED) is 0.177. The monoisotopic (exact) mass is 686 g/mol. The number of hydrogen-bond donors (Lipinski definition) is 0. The topological polar surface area (TPSA) is 24.9 Å². The van der Waals surface area contributed by atoms with E-state index in [0.29, 0.717) is 18.2 Å². The van der Waals surface area contributed by atoms with E-state index >= 15 is 0 Å². The molecule has 0 amide bonds. The minimum Gasteiger partial charge on any atom is -0.486 e. The zero-order valence-electron chi connectivity index (χ0n) is 31.3. The van der Waals surface area contributed by atoms with Crippen molar-refractivity contribution in [1.29, 1.82) is 0 Å². The van der Waals surface area contributed by atoms with E-state index in [2.05, 4.69) is 176 Å². The van der Waals surface area contributed by atoms with Gasteiger partial charge in [0.05, 0.1) is 22.1 Å². The molecule has 0 aliphatic carbocycles. The Labute approximate surface area is 304 Å². The summed E-state index contributed by atoms with van der Waals surface area (Å²) in [5, 5.41) is 0.644. The van der Waals surface area contributed by atoms with Crippen LogP contribution < -0.4 is 19.3 Å². The van der Waals surface area contributed by atoms with Gasteiger partial charge in [-0.2, -0.15) is 0 Å². The van der Waals surface area contributed by atoms with Gasteiger partial charge >= 0.3 is 0 Å². The molecule has 0 spiro atoms. The normalized spacial score (nSPS) is 13.3. The lowest BCUT2D eigenvalue weighted by atomic mass is 9.86. The first-order valence-electron chi connectivity index (χ1n) is 17.6. The summed E-state index contributed by atoms with van der Waals surface area (Å²) in [5.74, 6) is 1.48. The largest absolute Gasteiger partial charge is 0.486 e. The standard InChI is InChI=1S/C45H51ClN2O2/c1-30-27-38(47(34-17-11-31(12-18-34)43(2,3)4)35-19-13-32(14-20-35)44(5,6)7)42(46)39(28-30)48(36-21-15-33(16-22-36)45(8,9)10)37-23-24-40-41(29-37)50-26-25-49-40/h11-24,27-29H,25-26H2,1-10H3. The molecule has 5 aromatic carbocycles. The molecular weight excluding hydrogens is 636 g/mol. The summed E-state index contributed by atoms with van der Waals surface area (Å²) in [5.41, 5.74) is 10.8. The van der Waals surface area contributed by atoms with Crippen LogP contribution in [0.1, 0.15) is 84.6 Å². The van der Waals surface area contributed by atoms with E-state index in [1.165, 1.54) is 16.7 Å². The van der Waals surface area contributed by atoms with Crippen molar-refractivity contribution < 1.29 is 9.47 Å². The minimum atomic E-state index is 0.0279. The maximum Gasteiger partial charge on any atom is 0.163 e. The van der Waals surface area contributed by atoms with Crippen LogP contribution in [0.25, 0.3) is 0 Å². The predicted molar refractivity (Wildman–Crippen MR) is 213 cm³/mol.